The maximum atomic E-state index is 11.7. The molecule has 5 heteroatoms. The molecular weight excluding hydrogens is 228 g/mol. The molecule has 1 fully saturated rings. The van der Waals surface area contributed by atoms with Crippen molar-refractivity contribution in [1.29, 1.82) is 0 Å². The predicted molar refractivity (Wildman–Crippen MR) is 60.5 cm³/mol. The summed E-state index contributed by atoms with van der Waals surface area (Å²) in [6, 6.07) is 3.26. The minimum absolute atomic E-state index is 0.0715. The number of rotatable bonds is 3. The average Bonchev–Trinajstić information content (AvgIpc) is 2.24. The summed E-state index contributed by atoms with van der Waals surface area (Å²) in [5.74, 6) is -0.176. The molecule has 1 saturated heterocycles. The Labute approximate surface area is 99.0 Å². The number of ether oxygens (including phenoxy) is 1. The molecule has 86 valence electrons. The topological polar surface area (TPSA) is 51.2 Å². The van der Waals surface area contributed by atoms with Gasteiger partial charge in [0.2, 0.25) is 0 Å². The summed E-state index contributed by atoms with van der Waals surface area (Å²) in [6.07, 6.45) is 1.46. The Hall–Kier alpha value is -1.13. The van der Waals surface area contributed by atoms with Crippen molar-refractivity contribution in [2.45, 2.75) is 6.92 Å². The zero-order valence-electron chi connectivity index (χ0n) is 9.00. The number of halogens is 1. The Balaban J connectivity index is 1.90. The number of nitrogens with zero attached hydrogens (tertiary/aromatic N) is 1. The van der Waals surface area contributed by atoms with Crippen molar-refractivity contribution in [3.05, 3.63) is 29.0 Å². The zero-order chi connectivity index (χ0) is 11.6. The van der Waals surface area contributed by atoms with Crippen LogP contribution in [0.1, 0.15) is 17.4 Å². The van der Waals surface area contributed by atoms with E-state index in [1.165, 1.54) is 6.20 Å². The van der Waals surface area contributed by atoms with Gasteiger partial charge < -0.3 is 10.1 Å². The van der Waals surface area contributed by atoms with Crippen LogP contribution in [0.15, 0.2) is 18.3 Å². The maximum Gasteiger partial charge on any atom is 0.269 e. The molecule has 4 nitrogen and oxygen atoms in total. The van der Waals surface area contributed by atoms with Crippen LogP contribution in [0.4, 0.5) is 0 Å². The molecule has 2 heterocycles. The van der Waals surface area contributed by atoms with Gasteiger partial charge in [-0.2, -0.15) is 0 Å². The van der Waals surface area contributed by atoms with E-state index in [0.29, 0.717) is 30.5 Å². The minimum Gasteiger partial charge on any atom is -0.380 e. The highest BCUT2D eigenvalue weighted by molar-refractivity contribution is 6.30. The van der Waals surface area contributed by atoms with Crippen LogP contribution in [-0.2, 0) is 4.74 Å². The van der Waals surface area contributed by atoms with Crippen molar-refractivity contribution in [2.75, 3.05) is 19.8 Å². The molecule has 1 aliphatic heterocycles. The Kier molecular flexibility index (Phi) is 3.12. The molecule has 1 amide bonds. The van der Waals surface area contributed by atoms with Crippen LogP contribution in [0.25, 0.3) is 0 Å². The van der Waals surface area contributed by atoms with E-state index < -0.39 is 0 Å². The van der Waals surface area contributed by atoms with Gasteiger partial charge >= 0.3 is 0 Å². The Morgan fingerprint density at radius 3 is 2.88 bits per heavy atom. The lowest BCUT2D eigenvalue weighted by molar-refractivity contribution is -0.0978. The van der Waals surface area contributed by atoms with Gasteiger partial charge in [0.25, 0.3) is 5.91 Å². The number of carbonyl (C=O) groups is 1. The quantitative estimate of drug-likeness (QED) is 0.871. The van der Waals surface area contributed by atoms with Gasteiger partial charge in [0, 0.05) is 18.2 Å². The molecule has 16 heavy (non-hydrogen) atoms. The van der Waals surface area contributed by atoms with Gasteiger partial charge in [0.1, 0.15) is 5.69 Å². The lowest BCUT2D eigenvalue weighted by Gasteiger charge is -2.37. The van der Waals surface area contributed by atoms with Crippen LogP contribution in [0.5, 0.6) is 0 Å². The van der Waals surface area contributed by atoms with E-state index in [4.69, 9.17) is 16.3 Å². The molecule has 2 rings (SSSR count). The lowest BCUT2D eigenvalue weighted by atomic mass is 9.89. The van der Waals surface area contributed by atoms with E-state index in [-0.39, 0.29) is 11.3 Å². The lowest BCUT2D eigenvalue weighted by Crippen LogP contribution is -2.48. The summed E-state index contributed by atoms with van der Waals surface area (Å²) in [5.41, 5.74) is 0.454. The third kappa shape index (κ3) is 2.51. The highest BCUT2D eigenvalue weighted by Crippen LogP contribution is 2.25. The summed E-state index contributed by atoms with van der Waals surface area (Å²) in [4.78, 5) is 15.6. The van der Waals surface area contributed by atoms with E-state index in [1.54, 1.807) is 12.1 Å². The molecule has 1 aromatic rings. The van der Waals surface area contributed by atoms with Crippen molar-refractivity contribution in [1.82, 2.24) is 10.3 Å². The molecule has 0 radical (unpaired) electrons. The molecule has 0 aromatic carbocycles. The molecule has 0 aliphatic carbocycles. The monoisotopic (exact) mass is 240 g/mol. The normalized spacial score (nSPS) is 17.6. The van der Waals surface area contributed by atoms with Gasteiger partial charge in [0.15, 0.2) is 0 Å². The number of hydrogen-bond acceptors (Lipinski definition) is 3. The second kappa shape index (κ2) is 4.39. The first-order valence-corrected chi connectivity index (χ1v) is 5.44. The standard InChI is InChI=1S/C11H13ClN2O2/c1-11(6-16-7-11)5-14-10(15)9-3-2-8(12)4-13-9/h2-4H,5-7H2,1H3,(H,14,15). The van der Waals surface area contributed by atoms with Gasteiger partial charge in [-0.25, -0.2) is 4.98 Å². The predicted octanol–water partition coefficient (Wildman–Crippen LogP) is 1.50. The van der Waals surface area contributed by atoms with Crippen LogP contribution in [0.2, 0.25) is 5.02 Å². The minimum atomic E-state index is -0.176. The largest absolute Gasteiger partial charge is 0.380 e. The second-order valence-electron chi connectivity index (χ2n) is 4.35. The van der Waals surface area contributed by atoms with E-state index in [2.05, 4.69) is 17.2 Å². The summed E-state index contributed by atoms with van der Waals surface area (Å²) < 4.78 is 5.11. The highest BCUT2D eigenvalue weighted by atomic mass is 35.5. The van der Waals surface area contributed by atoms with Crippen LogP contribution >= 0.6 is 11.6 Å². The molecular formula is C11H13ClN2O2. The fourth-order valence-electron chi connectivity index (χ4n) is 1.45. The molecule has 0 saturated carbocycles. The molecule has 1 aromatic heterocycles. The van der Waals surface area contributed by atoms with Crippen molar-refractivity contribution in [3.63, 3.8) is 0 Å². The van der Waals surface area contributed by atoms with Gasteiger partial charge in [-0.15, -0.1) is 0 Å². The van der Waals surface area contributed by atoms with Gasteiger partial charge in [-0.1, -0.05) is 18.5 Å². The summed E-state index contributed by atoms with van der Waals surface area (Å²) in [6.45, 7) is 4.07. The van der Waals surface area contributed by atoms with Gasteiger partial charge in [-0.05, 0) is 12.1 Å². The molecule has 0 spiro atoms. The molecule has 0 atom stereocenters. The van der Waals surface area contributed by atoms with E-state index in [1.807, 2.05) is 0 Å². The van der Waals surface area contributed by atoms with Crippen LogP contribution in [0.3, 0.4) is 0 Å². The van der Waals surface area contributed by atoms with Crippen molar-refractivity contribution in [3.8, 4) is 0 Å². The summed E-state index contributed by atoms with van der Waals surface area (Å²) >= 11 is 5.69. The van der Waals surface area contributed by atoms with Crippen LogP contribution in [-0.4, -0.2) is 30.6 Å². The number of pyridine rings is 1. The van der Waals surface area contributed by atoms with E-state index >= 15 is 0 Å². The van der Waals surface area contributed by atoms with Crippen molar-refractivity contribution < 1.29 is 9.53 Å². The first kappa shape index (κ1) is 11.4. The first-order valence-electron chi connectivity index (χ1n) is 5.07. The number of hydrogen-bond donors (Lipinski definition) is 1. The number of carbonyl (C=O) groups excluding carboxylic acids is 1. The van der Waals surface area contributed by atoms with Crippen LogP contribution in [0, 0.1) is 5.41 Å². The smallest absolute Gasteiger partial charge is 0.269 e. The highest BCUT2D eigenvalue weighted by Gasteiger charge is 2.33. The second-order valence-corrected chi connectivity index (χ2v) is 4.78. The average molecular weight is 241 g/mol. The summed E-state index contributed by atoms with van der Waals surface area (Å²) in [5, 5.41) is 3.36. The maximum absolute atomic E-state index is 11.7. The van der Waals surface area contributed by atoms with Crippen LogP contribution < -0.4 is 5.32 Å². The zero-order valence-corrected chi connectivity index (χ0v) is 9.75. The van der Waals surface area contributed by atoms with Crippen molar-refractivity contribution >= 4 is 17.5 Å². The number of nitrogens with one attached hydrogen (secondary N) is 1. The van der Waals surface area contributed by atoms with Crippen molar-refractivity contribution in [2.24, 2.45) is 5.41 Å². The Bertz CT molecular complexity index is 387. The third-order valence-corrected chi connectivity index (χ3v) is 2.76. The fraction of sp³-hybridized carbons (Fsp3) is 0.455. The molecule has 0 bridgehead atoms. The molecule has 1 aliphatic rings. The molecule has 0 unspecified atom stereocenters. The third-order valence-electron chi connectivity index (χ3n) is 2.54. The van der Waals surface area contributed by atoms with E-state index in [0.717, 1.165) is 0 Å². The number of amides is 1. The SMILES string of the molecule is CC1(CNC(=O)c2ccc(Cl)cn2)COC1. The first-order chi connectivity index (χ1) is 7.59. The Morgan fingerprint density at radius 1 is 1.62 bits per heavy atom. The van der Waals surface area contributed by atoms with E-state index in [9.17, 15) is 4.79 Å². The fourth-order valence-corrected chi connectivity index (χ4v) is 1.56. The van der Waals surface area contributed by atoms with Gasteiger partial charge in [0.05, 0.1) is 18.2 Å². The number of aromatic nitrogens is 1. The Morgan fingerprint density at radius 2 is 2.38 bits per heavy atom. The molecule has 1 N–H and O–H groups in total. The van der Waals surface area contributed by atoms with Gasteiger partial charge in [-0.3, -0.25) is 4.79 Å². The summed E-state index contributed by atoms with van der Waals surface area (Å²) in [7, 11) is 0.